The van der Waals surface area contributed by atoms with Crippen LogP contribution in [0.1, 0.15) is 40.5 Å². The van der Waals surface area contributed by atoms with Crippen molar-refractivity contribution in [3.8, 4) is 0 Å². The molecule has 4 unspecified atom stereocenters. The second-order valence-corrected chi connectivity index (χ2v) is 5.55. The molecule has 0 aromatic rings. The van der Waals surface area contributed by atoms with Crippen molar-refractivity contribution in [1.29, 1.82) is 0 Å². The third kappa shape index (κ3) is 5.00. The van der Waals surface area contributed by atoms with Crippen LogP contribution in [0.4, 0.5) is 0 Å². The van der Waals surface area contributed by atoms with Gasteiger partial charge in [0.1, 0.15) is 0 Å². The van der Waals surface area contributed by atoms with Crippen LogP contribution in [-0.2, 0) is 23.7 Å². The SMILES string of the molecule is CCOC(C)(CC1CO1)OC(C)(CC1CO1)OCC. The molecule has 2 aliphatic rings. The first-order valence-electron chi connectivity index (χ1n) is 7.20. The van der Waals surface area contributed by atoms with Gasteiger partial charge in [0.25, 0.3) is 0 Å². The Morgan fingerprint density at radius 1 is 0.895 bits per heavy atom. The van der Waals surface area contributed by atoms with Crippen molar-refractivity contribution in [3.05, 3.63) is 0 Å². The molecule has 112 valence electrons. The van der Waals surface area contributed by atoms with E-state index in [4.69, 9.17) is 23.7 Å². The normalized spacial score (nSPS) is 31.6. The molecule has 0 aromatic heterocycles. The van der Waals surface area contributed by atoms with Gasteiger partial charge in [-0.2, -0.15) is 0 Å². The van der Waals surface area contributed by atoms with Gasteiger partial charge in [0.15, 0.2) is 11.6 Å². The van der Waals surface area contributed by atoms with E-state index < -0.39 is 11.6 Å². The highest BCUT2D eigenvalue weighted by atomic mass is 16.8. The Labute approximate surface area is 115 Å². The quantitative estimate of drug-likeness (QED) is 0.451. The summed E-state index contributed by atoms with van der Waals surface area (Å²) in [4.78, 5) is 0. The fourth-order valence-electron chi connectivity index (χ4n) is 2.53. The van der Waals surface area contributed by atoms with Gasteiger partial charge >= 0.3 is 0 Å². The predicted octanol–water partition coefficient (Wildman–Crippen LogP) is 2.09. The Bertz CT molecular complexity index is 262. The van der Waals surface area contributed by atoms with E-state index in [-0.39, 0.29) is 12.2 Å². The molecule has 0 aromatic carbocycles. The van der Waals surface area contributed by atoms with Gasteiger partial charge in [-0.15, -0.1) is 0 Å². The average Bonchev–Trinajstić information content (AvgIpc) is 3.15. The molecule has 5 heteroatoms. The van der Waals surface area contributed by atoms with E-state index in [1.807, 2.05) is 27.7 Å². The minimum atomic E-state index is -0.672. The van der Waals surface area contributed by atoms with Crippen molar-refractivity contribution in [1.82, 2.24) is 0 Å². The highest BCUT2D eigenvalue weighted by Gasteiger charge is 2.44. The van der Waals surface area contributed by atoms with Crippen molar-refractivity contribution in [2.45, 2.75) is 64.3 Å². The molecule has 0 radical (unpaired) electrons. The summed E-state index contributed by atoms with van der Waals surface area (Å²) in [5.41, 5.74) is 0. The minimum absolute atomic E-state index is 0.250. The van der Waals surface area contributed by atoms with Crippen LogP contribution in [0.3, 0.4) is 0 Å². The van der Waals surface area contributed by atoms with Crippen LogP contribution >= 0.6 is 0 Å². The largest absolute Gasteiger partial charge is 0.373 e. The van der Waals surface area contributed by atoms with Crippen LogP contribution in [0.2, 0.25) is 0 Å². The van der Waals surface area contributed by atoms with Gasteiger partial charge in [-0.25, -0.2) is 0 Å². The fourth-order valence-corrected chi connectivity index (χ4v) is 2.53. The molecule has 2 heterocycles. The molecule has 5 nitrogen and oxygen atoms in total. The van der Waals surface area contributed by atoms with Crippen molar-refractivity contribution >= 4 is 0 Å². The molecule has 0 aliphatic carbocycles. The van der Waals surface area contributed by atoms with Gasteiger partial charge in [-0.05, 0) is 27.7 Å². The third-order valence-electron chi connectivity index (χ3n) is 3.33. The lowest BCUT2D eigenvalue weighted by Crippen LogP contribution is -2.46. The molecule has 0 N–H and O–H groups in total. The molecule has 2 saturated heterocycles. The Hall–Kier alpha value is -0.200. The van der Waals surface area contributed by atoms with Gasteiger partial charge in [0.05, 0.1) is 25.4 Å². The van der Waals surface area contributed by atoms with Crippen LogP contribution in [-0.4, -0.2) is 50.2 Å². The molecule has 0 amide bonds. The Morgan fingerprint density at radius 3 is 1.53 bits per heavy atom. The van der Waals surface area contributed by atoms with Gasteiger partial charge in [0.2, 0.25) is 0 Å². The molecular formula is C14H26O5. The van der Waals surface area contributed by atoms with E-state index in [2.05, 4.69) is 0 Å². The zero-order valence-corrected chi connectivity index (χ0v) is 12.4. The summed E-state index contributed by atoms with van der Waals surface area (Å²) in [6, 6.07) is 0. The topological polar surface area (TPSA) is 52.8 Å². The van der Waals surface area contributed by atoms with E-state index >= 15 is 0 Å². The summed E-state index contributed by atoms with van der Waals surface area (Å²) < 4.78 is 28.4. The summed E-state index contributed by atoms with van der Waals surface area (Å²) in [6.07, 6.45) is 1.96. The van der Waals surface area contributed by atoms with Crippen molar-refractivity contribution in [3.63, 3.8) is 0 Å². The average molecular weight is 274 g/mol. The van der Waals surface area contributed by atoms with Crippen molar-refractivity contribution in [2.24, 2.45) is 0 Å². The van der Waals surface area contributed by atoms with Crippen LogP contribution in [0, 0.1) is 0 Å². The smallest absolute Gasteiger partial charge is 0.171 e. The molecule has 4 atom stereocenters. The number of hydrogen-bond acceptors (Lipinski definition) is 5. The maximum atomic E-state index is 6.20. The van der Waals surface area contributed by atoms with Crippen LogP contribution in [0.15, 0.2) is 0 Å². The number of epoxide rings is 2. The van der Waals surface area contributed by atoms with Crippen molar-refractivity contribution < 1.29 is 23.7 Å². The molecule has 0 saturated carbocycles. The molecule has 2 aliphatic heterocycles. The summed E-state index contributed by atoms with van der Waals surface area (Å²) in [5, 5.41) is 0. The minimum Gasteiger partial charge on any atom is -0.373 e. The van der Waals surface area contributed by atoms with E-state index in [1.54, 1.807) is 0 Å². The predicted molar refractivity (Wildman–Crippen MR) is 69.9 cm³/mol. The Balaban J connectivity index is 1.97. The van der Waals surface area contributed by atoms with E-state index in [0.29, 0.717) is 13.2 Å². The monoisotopic (exact) mass is 274 g/mol. The lowest BCUT2D eigenvalue weighted by Gasteiger charge is -2.39. The zero-order chi connectivity index (χ0) is 13.9. The molecule has 2 fully saturated rings. The highest BCUT2D eigenvalue weighted by molar-refractivity contribution is 4.83. The molecule has 0 spiro atoms. The van der Waals surface area contributed by atoms with Gasteiger partial charge in [-0.1, -0.05) is 0 Å². The van der Waals surface area contributed by atoms with Crippen LogP contribution in [0.25, 0.3) is 0 Å². The Kier molecular flexibility index (Phi) is 4.84. The van der Waals surface area contributed by atoms with Gasteiger partial charge < -0.3 is 23.7 Å². The second-order valence-electron chi connectivity index (χ2n) is 5.55. The lowest BCUT2D eigenvalue weighted by molar-refractivity contribution is -0.351. The van der Waals surface area contributed by atoms with Crippen molar-refractivity contribution in [2.75, 3.05) is 26.4 Å². The molecule has 0 bridgehead atoms. The lowest BCUT2D eigenvalue weighted by atomic mass is 10.1. The maximum Gasteiger partial charge on any atom is 0.171 e. The van der Waals surface area contributed by atoms with E-state index in [9.17, 15) is 0 Å². The summed E-state index contributed by atoms with van der Waals surface area (Å²) in [7, 11) is 0. The third-order valence-corrected chi connectivity index (χ3v) is 3.33. The number of hydrogen-bond donors (Lipinski definition) is 0. The van der Waals surface area contributed by atoms with E-state index in [1.165, 1.54) is 0 Å². The summed E-state index contributed by atoms with van der Waals surface area (Å²) in [6.45, 7) is 10.7. The molecule has 19 heavy (non-hydrogen) atoms. The second kappa shape index (κ2) is 6.06. The first-order valence-corrected chi connectivity index (χ1v) is 7.20. The van der Waals surface area contributed by atoms with Gasteiger partial charge in [0, 0.05) is 26.1 Å². The van der Waals surface area contributed by atoms with E-state index in [0.717, 1.165) is 26.1 Å². The Morgan fingerprint density at radius 2 is 1.26 bits per heavy atom. The fraction of sp³-hybridized carbons (Fsp3) is 1.00. The molecular weight excluding hydrogens is 248 g/mol. The van der Waals surface area contributed by atoms with Crippen LogP contribution < -0.4 is 0 Å². The molecule has 2 rings (SSSR count). The number of ether oxygens (including phenoxy) is 5. The summed E-state index contributed by atoms with van der Waals surface area (Å²) >= 11 is 0. The van der Waals surface area contributed by atoms with Gasteiger partial charge in [-0.3, -0.25) is 0 Å². The van der Waals surface area contributed by atoms with Crippen LogP contribution in [0.5, 0.6) is 0 Å². The summed E-state index contributed by atoms with van der Waals surface area (Å²) in [5.74, 6) is -1.34. The highest BCUT2D eigenvalue weighted by Crippen LogP contribution is 2.35. The maximum absolute atomic E-state index is 6.20. The standard InChI is InChI=1S/C14H26O5/c1-5-17-13(3,7-11-9-15-11)19-14(4,18-6-2)8-12-10-16-12/h11-12H,5-10H2,1-4H3. The first-order chi connectivity index (χ1) is 8.99. The zero-order valence-electron chi connectivity index (χ0n) is 12.4. The first kappa shape index (κ1) is 15.2. The number of rotatable bonds is 10.